The Bertz CT molecular complexity index is 1290. The van der Waals surface area contributed by atoms with Gasteiger partial charge >= 0.3 is 23.2 Å². The monoisotopic (exact) mass is 482 g/mol. The Balaban J connectivity index is 1.28. The van der Waals surface area contributed by atoms with Crippen molar-refractivity contribution in [1.82, 2.24) is 10.5 Å². The van der Waals surface area contributed by atoms with Gasteiger partial charge in [0.1, 0.15) is 0 Å². The van der Waals surface area contributed by atoms with Gasteiger partial charge in [0.25, 0.3) is 0 Å². The van der Waals surface area contributed by atoms with Crippen LogP contribution in [0.15, 0.2) is 94.0 Å². The summed E-state index contributed by atoms with van der Waals surface area (Å²) in [5.74, 6) is 0.589. The van der Waals surface area contributed by atoms with Crippen molar-refractivity contribution in [3.8, 4) is 22.5 Å². The van der Waals surface area contributed by atoms with E-state index in [-0.39, 0.29) is 0 Å². The summed E-state index contributed by atoms with van der Waals surface area (Å²) in [7, 11) is 0. The van der Waals surface area contributed by atoms with Gasteiger partial charge in [0.15, 0.2) is 13.1 Å². The number of aryl methyl sites for hydroxylation is 4. The number of hydrogen-bond donors (Lipinski definition) is 2. The van der Waals surface area contributed by atoms with Crippen LogP contribution < -0.4 is 20.8 Å². The molecule has 0 saturated carbocycles. The maximum atomic E-state index is 6.14. The smallest absolute Gasteiger partial charge is 0.304 e. The highest BCUT2D eigenvalue weighted by Crippen LogP contribution is 2.27. The molecule has 0 unspecified atom stereocenters. The highest BCUT2D eigenvalue weighted by Gasteiger charge is 2.27. The molecule has 0 amide bonds. The zero-order valence-corrected chi connectivity index (χ0v) is 20.1. The second-order valence-corrected chi connectivity index (χ2v) is 8.77. The van der Waals surface area contributed by atoms with E-state index < -0.39 is 0 Å². The number of anilines is 2. The van der Waals surface area contributed by atoms with Crippen molar-refractivity contribution in [2.75, 3.05) is 11.5 Å². The van der Waals surface area contributed by atoms with Crippen LogP contribution in [0.2, 0.25) is 0 Å². The Morgan fingerprint density at radius 3 is 1.33 bits per heavy atom. The Kier molecular flexibility index (Phi) is 7.02. The van der Waals surface area contributed by atoms with Crippen LogP contribution in [0, 0.1) is 0 Å². The zero-order valence-electron chi connectivity index (χ0n) is 20.1. The molecule has 0 radical (unpaired) electrons. The summed E-state index contributed by atoms with van der Waals surface area (Å²) >= 11 is 0. The van der Waals surface area contributed by atoms with Gasteiger partial charge in [-0.05, 0) is 57.6 Å². The minimum atomic E-state index is 0.294. The first-order valence-corrected chi connectivity index (χ1v) is 12.2. The molecule has 5 aromatic rings. The second-order valence-electron chi connectivity index (χ2n) is 8.77. The lowest BCUT2D eigenvalue weighted by atomic mass is 10.1. The minimum Gasteiger partial charge on any atom is -0.362 e. The van der Waals surface area contributed by atoms with Gasteiger partial charge < -0.3 is 11.5 Å². The molecule has 182 valence electrons. The van der Waals surface area contributed by atoms with Crippen molar-refractivity contribution in [2.45, 2.75) is 38.8 Å². The molecule has 0 fully saturated rings. The van der Waals surface area contributed by atoms with E-state index >= 15 is 0 Å². The molecule has 0 bridgehead atoms. The van der Waals surface area contributed by atoms with E-state index in [1.54, 1.807) is 0 Å². The number of benzene rings is 3. The lowest BCUT2D eigenvalue weighted by Crippen LogP contribution is -2.38. The molecule has 0 atom stereocenters. The SMILES string of the molecule is Nc1on[n+](CCCc2ccccc2)c1-c1ccc(-c2c(N)on[n+]2CCCc2ccccc2)cc1. The summed E-state index contributed by atoms with van der Waals surface area (Å²) < 4.78 is 14.3. The Morgan fingerprint density at radius 1 is 0.556 bits per heavy atom. The summed E-state index contributed by atoms with van der Waals surface area (Å²) in [4.78, 5) is 0. The zero-order chi connectivity index (χ0) is 24.7. The number of hydrogen-bond acceptors (Lipinski definition) is 6. The molecule has 0 saturated heterocycles. The molecule has 4 N–H and O–H groups in total. The molecule has 0 aliphatic rings. The fraction of sp³-hybridized carbons (Fsp3) is 0.214. The predicted octanol–water partition coefficient (Wildman–Crippen LogP) is 4.00. The van der Waals surface area contributed by atoms with E-state index in [4.69, 9.17) is 20.5 Å². The molecule has 5 rings (SSSR count). The number of nitrogens with zero attached hydrogens (tertiary/aromatic N) is 4. The quantitative estimate of drug-likeness (QED) is 0.291. The number of aromatic nitrogens is 4. The molecule has 0 aliphatic carbocycles. The van der Waals surface area contributed by atoms with E-state index in [2.05, 4.69) is 59.1 Å². The first kappa shape index (κ1) is 23.3. The largest absolute Gasteiger partial charge is 0.362 e. The molecule has 2 aromatic heterocycles. The summed E-state index contributed by atoms with van der Waals surface area (Å²) in [5.41, 5.74) is 18.2. The van der Waals surface area contributed by atoms with E-state index in [0.717, 1.165) is 48.2 Å². The molecule has 2 heterocycles. The van der Waals surface area contributed by atoms with E-state index in [1.165, 1.54) is 11.1 Å². The van der Waals surface area contributed by atoms with Gasteiger partial charge in [-0.15, -0.1) is 0 Å². The standard InChI is InChI=1S/C28H29N6O2/c29-27-25(33(31-35-27)19-7-13-21-9-3-1-4-10-21)23-15-17-24(18-16-23)26-28(30)36-32-34(26)20-8-14-22-11-5-2-6-12-22/h1-6,9-12,15-18,29-31H,7-8,13-14,19-20H2/q+1/p+1. The summed E-state index contributed by atoms with van der Waals surface area (Å²) in [6.07, 6.45) is 3.75. The van der Waals surface area contributed by atoms with Gasteiger partial charge in [-0.3, -0.25) is 9.05 Å². The fourth-order valence-electron chi connectivity index (χ4n) is 4.44. The number of rotatable bonds is 10. The van der Waals surface area contributed by atoms with Gasteiger partial charge in [-0.25, -0.2) is 0 Å². The summed E-state index contributed by atoms with van der Waals surface area (Å²) in [6.45, 7) is 1.40. The van der Waals surface area contributed by atoms with Crippen molar-refractivity contribution in [3.05, 3.63) is 96.1 Å². The van der Waals surface area contributed by atoms with Gasteiger partial charge in [-0.2, -0.15) is 0 Å². The number of nitrogens with two attached hydrogens (primary N) is 2. The van der Waals surface area contributed by atoms with Crippen LogP contribution >= 0.6 is 0 Å². The molecule has 8 nitrogen and oxygen atoms in total. The molecular formula is C28H30N6O2+2. The summed E-state index contributed by atoms with van der Waals surface area (Å²) in [6, 6.07) is 28.8. The lowest BCUT2D eigenvalue weighted by molar-refractivity contribution is -0.753. The van der Waals surface area contributed by atoms with Gasteiger partial charge in [0.05, 0.1) is 11.1 Å². The molecule has 3 aromatic carbocycles. The highest BCUT2D eigenvalue weighted by molar-refractivity contribution is 5.71. The fourth-order valence-corrected chi connectivity index (χ4v) is 4.44. The molecule has 0 aliphatic heterocycles. The first-order valence-electron chi connectivity index (χ1n) is 12.2. The Hall–Kier alpha value is -4.46. The second kappa shape index (κ2) is 10.9. The molecule has 8 heteroatoms. The normalized spacial score (nSPS) is 11.1. The molecular weight excluding hydrogens is 452 g/mol. The van der Waals surface area contributed by atoms with Gasteiger partial charge in [-0.1, -0.05) is 60.7 Å². The Labute approximate surface area is 209 Å². The minimum absolute atomic E-state index is 0.294. The van der Waals surface area contributed by atoms with Crippen molar-refractivity contribution < 1.29 is 18.4 Å². The maximum absolute atomic E-state index is 6.14. The third kappa shape index (κ3) is 5.27. The van der Waals surface area contributed by atoms with Crippen LogP contribution in [0.1, 0.15) is 24.0 Å². The topological polar surface area (TPSA) is 112 Å². The number of nitrogen functional groups attached to an aromatic ring is 2. The van der Waals surface area contributed by atoms with Gasteiger partial charge in [0.2, 0.25) is 10.5 Å². The van der Waals surface area contributed by atoms with Crippen molar-refractivity contribution in [2.24, 2.45) is 0 Å². The van der Waals surface area contributed by atoms with E-state index in [9.17, 15) is 0 Å². The molecule has 0 spiro atoms. The maximum Gasteiger partial charge on any atom is 0.304 e. The average molecular weight is 483 g/mol. The van der Waals surface area contributed by atoms with Crippen LogP contribution in [0.3, 0.4) is 0 Å². The lowest BCUT2D eigenvalue weighted by Gasteiger charge is -2.01. The van der Waals surface area contributed by atoms with E-state index in [0.29, 0.717) is 24.9 Å². The van der Waals surface area contributed by atoms with Crippen LogP contribution in [0.5, 0.6) is 0 Å². The van der Waals surface area contributed by atoms with Gasteiger partial charge in [0, 0.05) is 12.8 Å². The first-order chi connectivity index (χ1) is 17.7. The van der Waals surface area contributed by atoms with Crippen molar-refractivity contribution in [1.29, 1.82) is 0 Å². The van der Waals surface area contributed by atoms with Crippen LogP contribution in [-0.2, 0) is 25.9 Å². The summed E-state index contributed by atoms with van der Waals surface area (Å²) in [5, 5.41) is 8.30. The van der Waals surface area contributed by atoms with Crippen LogP contribution in [0.4, 0.5) is 11.8 Å². The Morgan fingerprint density at radius 2 is 0.944 bits per heavy atom. The highest BCUT2D eigenvalue weighted by atomic mass is 16.5. The predicted molar refractivity (Wildman–Crippen MR) is 136 cm³/mol. The van der Waals surface area contributed by atoms with Crippen molar-refractivity contribution >= 4 is 11.8 Å². The average Bonchev–Trinajstić information content (AvgIpc) is 3.47. The van der Waals surface area contributed by atoms with Crippen molar-refractivity contribution in [3.63, 3.8) is 0 Å². The van der Waals surface area contributed by atoms with Crippen LogP contribution in [0.25, 0.3) is 22.5 Å². The van der Waals surface area contributed by atoms with Crippen LogP contribution in [-0.4, -0.2) is 10.5 Å². The van der Waals surface area contributed by atoms with E-state index in [1.807, 2.05) is 45.8 Å². The third-order valence-electron chi connectivity index (χ3n) is 6.25. The third-order valence-corrected chi connectivity index (χ3v) is 6.25. The molecule has 36 heavy (non-hydrogen) atoms.